The lowest BCUT2D eigenvalue weighted by Gasteiger charge is -2.36. The molecule has 35 heavy (non-hydrogen) atoms. The molecule has 0 amide bonds. The maximum absolute atomic E-state index is 9.86. The second kappa shape index (κ2) is 9.40. The van der Waals surface area contributed by atoms with Gasteiger partial charge in [-0.2, -0.15) is 9.97 Å². The molecule has 0 atom stereocenters. The van der Waals surface area contributed by atoms with Crippen molar-refractivity contribution in [2.75, 3.05) is 54.5 Å². The monoisotopic (exact) mass is 475 g/mol. The molecule has 1 aliphatic heterocycles. The number of phenolic OH excluding ortho intramolecular Hbond substituents is 1. The Hall–Kier alpha value is -3.89. The van der Waals surface area contributed by atoms with Gasteiger partial charge in [0.1, 0.15) is 11.6 Å². The zero-order chi connectivity index (χ0) is 24.4. The lowest BCUT2D eigenvalue weighted by Crippen LogP contribution is -2.47. The Bertz CT molecular complexity index is 1280. The first-order valence-electron chi connectivity index (χ1n) is 11.6. The van der Waals surface area contributed by atoms with Gasteiger partial charge in [-0.3, -0.25) is 4.98 Å². The van der Waals surface area contributed by atoms with Crippen LogP contribution < -0.4 is 15.1 Å². The van der Waals surface area contributed by atoms with Crippen molar-refractivity contribution in [2.45, 2.75) is 12.5 Å². The quantitative estimate of drug-likeness (QED) is 0.318. The molecular formula is C25H29N7O3. The highest BCUT2D eigenvalue weighted by Gasteiger charge is 2.27. The van der Waals surface area contributed by atoms with Crippen LogP contribution in [0, 0.1) is 0 Å². The van der Waals surface area contributed by atoms with Crippen molar-refractivity contribution >= 4 is 28.5 Å². The number of nitrogens with zero attached hydrogens (tertiary/aromatic N) is 6. The van der Waals surface area contributed by atoms with Gasteiger partial charge in [0.25, 0.3) is 0 Å². The maximum atomic E-state index is 9.86. The lowest BCUT2D eigenvalue weighted by atomic mass is 10.1. The van der Waals surface area contributed by atoms with Gasteiger partial charge in [0.05, 0.1) is 29.8 Å². The summed E-state index contributed by atoms with van der Waals surface area (Å²) in [4.78, 5) is 18.3. The van der Waals surface area contributed by atoms with Gasteiger partial charge in [-0.05, 0) is 49.4 Å². The Morgan fingerprint density at radius 2 is 1.51 bits per heavy atom. The zero-order valence-corrected chi connectivity index (χ0v) is 19.5. The first kappa shape index (κ1) is 22.9. The summed E-state index contributed by atoms with van der Waals surface area (Å²) in [5, 5.41) is 33.3. The number of phenols is 1. The van der Waals surface area contributed by atoms with Crippen LogP contribution in [0.25, 0.3) is 16.7 Å². The first-order valence-corrected chi connectivity index (χ1v) is 11.6. The van der Waals surface area contributed by atoms with Crippen molar-refractivity contribution in [3.8, 4) is 11.4 Å². The third-order valence-electron chi connectivity index (χ3n) is 6.37. The van der Waals surface area contributed by atoms with E-state index in [4.69, 9.17) is 9.97 Å². The van der Waals surface area contributed by atoms with Gasteiger partial charge < -0.3 is 35.0 Å². The van der Waals surface area contributed by atoms with Gasteiger partial charge in [0.15, 0.2) is 5.65 Å². The SMILES string of the molecule is CC(CO)(CO)Nc1nc(N2CCN(c3ccc(O)cc3)CC2)nc2c1ccn2-c1ccncc1. The number of hydrogen-bond acceptors (Lipinski definition) is 9. The Balaban J connectivity index is 1.49. The normalized spacial score (nSPS) is 14.5. The van der Waals surface area contributed by atoms with E-state index in [1.165, 1.54) is 0 Å². The predicted molar refractivity (Wildman–Crippen MR) is 135 cm³/mol. The van der Waals surface area contributed by atoms with E-state index >= 15 is 0 Å². The van der Waals surface area contributed by atoms with Crippen molar-refractivity contribution in [1.82, 2.24) is 19.5 Å². The van der Waals surface area contributed by atoms with Crippen molar-refractivity contribution in [3.05, 3.63) is 61.1 Å². The molecule has 0 radical (unpaired) electrons. The van der Waals surface area contributed by atoms with Gasteiger partial charge in [-0.25, -0.2) is 0 Å². The number of piperazine rings is 1. The number of hydrogen-bond donors (Lipinski definition) is 4. The van der Waals surface area contributed by atoms with Crippen LogP contribution in [0.3, 0.4) is 0 Å². The largest absolute Gasteiger partial charge is 0.508 e. The Labute approximate surface area is 203 Å². The number of rotatable bonds is 7. The summed E-state index contributed by atoms with van der Waals surface area (Å²) in [5.74, 6) is 1.39. The third kappa shape index (κ3) is 4.58. The van der Waals surface area contributed by atoms with Crippen LogP contribution in [0.15, 0.2) is 61.1 Å². The topological polar surface area (TPSA) is 123 Å². The molecular weight excluding hydrogens is 446 g/mol. The number of fused-ring (bicyclic) bond motifs is 1. The molecule has 10 heteroatoms. The Kier molecular flexibility index (Phi) is 6.14. The number of benzene rings is 1. The number of aromatic nitrogens is 4. The fourth-order valence-electron chi connectivity index (χ4n) is 4.20. The number of aromatic hydroxyl groups is 1. The van der Waals surface area contributed by atoms with Gasteiger partial charge in [0.2, 0.25) is 5.95 Å². The molecule has 1 aromatic carbocycles. The standard InChI is InChI=1S/C25H29N7O3/c1-25(16-33,17-34)29-22-21-8-11-32(19-6-9-26-10-7-19)23(21)28-24(27-22)31-14-12-30(13-15-31)18-2-4-20(35)5-3-18/h2-11,33-35H,12-17H2,1H3,(H,27,28,29). The number of aliphatic hydroxyl groups excluding tert-OH is 2. The minimum atomic E-state index is -0.936. The molecule has 0 unspecified atom stereocenters. The molecule has 4 aromatic rings. The highest BCUT2D eigenvalue weighted by molar-refractivity contribution is 5.90. The van der Waals surface area contributed by atoms with Crippen molar-refractivity contribution in [2.24, 2.45) is 0 Å². The summed E-state index contributed by atoms with van der Waals surface area (Å²) in [6.07, 6.45) is 5.40. The first-order chi connectivity index (χ1) is 17.0. The van der Waals surface area contributed by atoms with Crippen LogP contribution >= 0.6 is 0 Å². The van der Waals surface area contributed by atoms with Crippen LogP contribution in [0.5, 0.6) is 5.75 Å². The molecule has 0 spiro atoms. The number of nitrogens with one attached hydrogen (secondary N) is 1. The van der Waals surface area contributed by atoms with Crippen LogP contribution in [0.1, 0.15) is 6.92 Å². The van der Waals surface area contributed by atoms with Crippen LogP contribution in [0.4, 0.5) is 17.5 Å². The molecule has 1 saturated heterocycles. The van der Waals surface area contributed by atoms with Gasteiger partial charge in [-0.15, -0.1) is 0 Å². The molecule has 0 bridgehead atoms. The molecule has 4 N–H and O–H groups in total. The smallest absolute Gasteiger partial charge is 0.229 e. The Morgan fingerprint density at radius 3 is 2.17 bits per heavy atom. The van der Waals surface area contributed by atoms with Crippen molar-refractivity contribution < 1.29 is 15.3 Å². The minimum absolute atomic E-state index is 0.249. The van der Waals surface area contributed by atoms with Crippen molar-refractivity contribution in [3.63, 3.8) is 0 Å². The molecule has 4 heterocycles. The molecule has 1 aliphatic rings. The van der Waals surface area contributed by atoms with Gasteiger partial charge in [-0.1, -0.05) is 0 Å². The van der Waals surface area contributed by atoms with Crippen molar-refractivity contribution in [1.29, 1.82) is 0 Å². The van der Waals surface area contributed by atoms with E-state index in [-0.39, 0.29) is 19.0 Å². The summed E-state index contributed by atoms with van der Waals surface area (Å²) in [5.41, 5.74) is 1.78. The van der Waals surface area contributed by atoms with E-state index < -0.39 is 5.54 Å². The summed E-state index contributed by atoms with van der Waals surface area (Å²) in [7, 11) is 0. The number of aliphatic hydroxyl groups is 2. The fourth-order valence-corrected chi connectivity index (χ4v) is 4.20. The fraction of sp³-hybridized carbons (Fsp3) is 0.320. The van der Waals surface area contributed by atoms with E-state index in [9.17, 15) is 15.3 Å². The van der Waals surface area contributed by atoms with E-state index in [0.717, 1.165) is 48.6 Å². The van der Waals surface area contributed by atoms with Crippen LogP contribution in [0.2, 0.25) is 0 Å². The van der Waals surface area contributed by atoms with Crippen LogP contribution in [-0.4, -0.2) is 79.8 Å². The molecule has 5 rings (SSSR count). The van der Waals surface area contributed by atoms with E-state index in [1.807, 2.05) is 41.1 Å². The highest BCUT2D eigenvalue weighted by Crippen LogP contribution is 2.29. The van der Waals surface area contributed by atoms with Gasteiger partial charge >= 0.3 is 0 Å². The number of pyridine rings is 1. The molecule has 10 nitrogen and oxygen atoms in total. The second-order valence-electron chi connectivity index (χ2n) is 8.99. The molecule has 182 valence electrons. The summed E-state index contributed by atoms with van der Waals surface area (Å²) < 4.78 is 1.98. The summed E-state index contributed by atoms with van der Waals surface area (Å²) in [6, 6.07) is 13.0. The minimum Gasteiger partial charge on any atom is -0.508 e. The Morgan fingerprint density at radius 1 is 0.857 bits per heavy atom. The molecule has 1 fully saturated rings. The van der Waals surface area contributed by atoms with E-state index in [2.05, 4.69) is 20.1 Å². The zero-order valence-electron chi connectivity index (χ0n) is 19.5. The van der Waals surface area contributed by atoms with Gasteiger partial charge in [0, 0.05) is 50.5 Å². The average Bonchev–Trinajstić information content (AvgIpc) is 3.34. The summed E-state index contributed by atoms with van der Waals surface area (Å²) in [6.45, 7) is 4.26. The molecule has 0 saturated carbocycles. The highest BCUT2D eigenvalue weighted by atomic mass is 16.3. The van der Waals surface area contributed by atoms with E-state index in [0.29, 0.717) is 11.8 Å². The molecule has 3 aromatic heterocycles. The van der Waals surface area contributed by atoms with Crippen LogP contribution in [-0.2, 0) is 0 Å². The summed E-state index contributed by atoms with van der Waals surface area (Å²) >= 11 is 0. The predicted octanol–water partition coefficient (Wildman–Crippen LogP) is 2.00. The third-order valence-corrected chi connectivity index (χ3v) is 6.37. The average molecular weight is 476 g/mol. The lowest BCUT2D eigenvalue weighted by molar-refractivity contribution is 0.147. The number of anilines is 3. The molecule has 0 aliphatic carbocycles. The maximum Gasteiger partial charge on any atom is 0.229 e. The second-order valence-corrected chi connectivity index (χ2v) is 8.99. The van der Waals surface area contributed by atoms with E-state index in [1.54, 1.807) is 31.5 Å².